The number of aliphatic hydroxyl groups is 1. The first-order valence-corrected chi connectivity index (χ1v) is 11.3. The third-order valence-corrected chi connectivity index (χ3v) is 7.07. The maximum atomic E-state index is 13.3. The Bertz CT molecular complexity index is 1400. The number of Topliss-reactive ketones (excluding diaryl/α,β-unsaturated/α-hetero) is 1. The van der Waals surface area contributed by atoms with Crippen LogP contribution < -0.4 is 4.90 Å². The normalized spacial score (nSPS) is 17.9. The molecule has 1 N–H and O–H groups in total. The van der Waals surface area contributed by atoms with Gasteiger partial charge in [0.05, 0.1) is 5.57 Å². The molecule has 0 aliphatic carbocycles. The van der Waals surface area contributed by atoms with Crippen LogP contribution in [0.2, 0.25) is 5.02 Å². The number of aliphatic hydroxyl groups excluding tert-OH is 1. The molecular weight excluding hydrogens is 442 g/mol. The zero-order valence-corrected chi connectivity index (χ0v) is 18.7. The Balaban J connectivity index is 1.78. The number of thiophene rings is 1. The fourth-order valence-electron chi connectivity index (χ4n) is 4.19. The summed E-state index contributed by atoms with van der Waals surface area (Å²) in [6, 6.07) is 21.2. The second-order valence-corrected chi connectivity index (χ2v) is 9.02. The molecule has 4 aromatic rings. The minimum absolute atomic E-state index is 0.0897. The molecule has 5 rings (SSSR count). The van der Waals surface area contributed by atoms with Crippen molar-refractivity contribution in [3.05, 3.63) is 105 Å². The van der Waals surface area contributed by atoms with Crippen molar-refractivity contribution in [3.63, 3.8) is 0 Å². The summed E-state index contributed by atoms with van der Waals surface area (Å²) in [7, 11) is 0. The summed E-state index contributed by atoms with van der Waals surface area (Å²) >= 11 is 7.50. The number of carbonyl (C=O) groups excluding carboxylic acids is 2. The maximum absolute atomic E-state index is 13.3. The van der Waals surface area contributed by atoms with E-state index in [9.17, 15) is 14.7 Å². The number of hydrogen-bond donors (Lipinski definition) is 1. The number of aryl methyl sites for hydroxylation is 1. The first-order valence-electron chi connectivity index (χ1n) is 10.1. The van der Waals surface area contributed by atoms with E-state index in [0.717, 1.165) is 21.2 Å². The van der Waals surface area contributed by atoms with E-state index in [1.807, 2.05) is 54.8 Å². The summed E-state index contributed by atoms with van der Waals surface area (Å²) in [5.74, 6) is -1.55. The van der Waals surface area contributed by atoms with Gasteiger partial charge in [-0.3, -0.25) is 14.5 Å². The van der Waals surface area contributed by atoms with Gasteiger partial charge >= 0.3 is 0 Å². The highest BCUT2D eigenvalue weighted by Crippen LogP contribution is 2.45. The van der Waals surface area contributed by atoms with Crippen LogP contribution in [0.1, 0.15) is 22.0 Å². The Morgan fingerprint density at radius 1 is 0.969 bits per heavy atom. The molecule has 0 radical (unpaired) electrons. The molecular formula is C26H18ClNO3S. The van der Waals surface area contributed by atoms with Crippen molar-refractivity contribution in [3.8, 4) is 0 Å². The molecule has 0 spiro atoms. The predicted molar refractivity (Wildman–Crippen MR) is 129 cm³/mol. The summed E-state index contributed by atoms with van der Waals surface area (Å²) in [6.45, 7) is 1.94. The van der Waals surface area contributed by atoms with E-state index >= 15 is 0 Å². The first-order chi connectivity index (χ1) is 15.5. The van der Waals surface area contributed by atoms with Gasteiger partial charge in [0.25, 0.3) is 11.7 Å². The van der Waals surface area contributed by atoms with E-state index in [1.165, 1.54) is 16.2 Å². The molecule has 3 aromatic carbocycles. The molecule has 0 saturated carbocycles. The largest absolute Gasteiger partial charge is 0.507 e. The van der Waals surface area contributed by atoms with Crippen LogP contribution in [-0.2, 0) is 9.59 Å². The Labute approximate surface area is 194 Å². The Hall–Kier alpha value is -3.41. The number of ketones is 1. The third-order valence-electron chi connectivity index (χ3n) is 5.74. The lowest BCUT2D eigenvalue weighted by molar-refractivity contribution is -0.132. The molecule has 1 aromatic heterocycles. The van der Waals surface area contributed by atoms with E-state index in [2.05, 4.69) is 0 Å². The number of nitrogens with zero attached hydrogens (tertiary/aromatic N) is 1. The Morgan fingerprint density at radius 2 is 1.69 bits per heavy atom. The molecule has 0 bridgehead atoms. The summed E-state index contributed by atoms with van der Waals surface area (Å²) in [6.07, 6.45) is 0. The summed E-state index contributed by atoms with van der Waals surface area (Å²) in [4.78, 5) is 28.8. The van der Waals surface area contributed by atoms with Crippen molar-refractivity contribution in [1.82, 2.24) is 0 Å². The second-order valence-electron chi connectivity index (χ2n) is 7.64. The topological polar surface area (TPSA) is 57.6 Å². The van der Waals surface area contributed by atoms with Gasteiger partial charge in [0.15, 0.2) is 0 Å². The molecule has 158 valence electrons. The number of anilines is 1. The van der Waals surface area contributed by atoms with E-state index in [4.69, 9.17) is 11.6 Å². The van der Waals surface area contributed by atoms with Gasteiger partial charge in [-0.15, -0.1) is 11.3 Å². The Kier molecular flexibility index (Phi) is 5.08. The molecule has 1 aliphatic rings. The lowest BCUT2D eigenvalue weighted by atomic mass is 9.95. The van der Waals surface area contributed by atoms with Gasteiger partial charge < -0.3 is 5.11 Å². The number of rotatable bonds is 3. The van der Waals surface area contributed by atoms with E-state index in [-0.39, 0.29) is 11.3 Å². The SMILES string of the molecule is Cc1ccsc1C1/C(=C(\O)c2cccc3ccccc23)C(=O)C(=O)N1c1ccc(Cl)cc1. The van der Waals surface area contributed by atoms with E-state index < -0.39 is 17.7 Å². The highest BCUT2D eigenvalue weighted by molar-refractivity contribution is 7.10. The van der Waals surface area contributed by atoms with Gasteiger partial charge in [-0.25, -0.2) is 0 Å². The second kappa shape index (κ2) is 7.93. The van der Waals surface area contributed by atoms with Crippen molar-refractivity contribution in [2.45, 2.75) is 13.0 Å². The van der Waals surface area contributed by atoms with Crippen molar-refractivity contribution in [2.75, 3.05) is 4.90 Å². The number of carbonyl (C=O) groups is 2. The van der Waals surface area contributed by atoms with Crippen molar-refractivity contribution in [1.29, 1.82) is 0 Å². The molecule has 2 heterocycles. The van der Waals surface area contributed by atoms with Crippen LogP contribution >= 0.6 is 22.9 Å². The van der Waals surface area contributed by atoms with Crippen LogP contribution in [0.4, 0.5) is 5.69 Å². The van der Waals surface area contributed by atoms with Gasteiger partial charge in [0.2, 0.25) is 0 Å². The standard InChI is InChI=1S/C26H18ClNO3S/c1-15-13-14-32-25(15)22-21(23(29)20-8-4-6-16-5-2-3-7-19(16)20)24(30)26(31)28(22)18-11-9-17(27)10-12-18/h2-14,22,29H,1H3/b23-21+. The van der Waals surface area contributed by atoms with Gasteiger partial charge in [0.1, 0.15) is 11.8 Å². The van der Waals surface area contributed by atoms with Crippen molar-refractivity contribution in [2.24, 2.45) is 0 Å². The highest BCUT2D eigenvalue weighted by Gasteiger charge is 2.48. The highest BCUT2D eigenvalue weighted by atomic mass is 35.5. The number of benzene rings is 3. The third kappa shape index (κ3) is 3.22. The van der Waals surface area contributed by atoms with Crippen LogP contribution in [0.3, 0.4) is 0 Å². The Morgan fingerprint density at radius 3 is 2.41 bits per heavy atom. The maximum Gasteiger partial charge on any atom is 0.300 e. The van der Waals surface area contributed by atoms with Crippen LogP contribution in [0.25, 0.3) is 16.5 Å². The zero-order valence-electron chi connectivity index (χ0n) is 17.1. The lowest BCUT2D eigenvalue weighted by Crippen LogP contribution is -2.29. The fourth-order valence-corrected chi connectivity index (χ4v) is 5.34. The molecule has 1 atom stereocenters. The average Bonchev–Trinajstić information content (AvgIpc) is 3.34. The monoisotopic (exact) mass is 459 g/mol. The van der Waals surface area contributed by atoms with Crippen LogP contribution in [0.5, 0.6) is 0 Å². The number of hydrogen-bond acceptors (Lipinski definition) is 4. The molecule has 1 amide bonds. The predicted octanol–water partition coefficient (Wildman–Crippen LogP) is 6.49. The number of fused-ring (bicyclic) bond motifs is 1. The molecule has 6 heteroatoms. The molecule has 1 fully saturated rings. The zero-order chi connectivity index (χ0) is 22.4. The first kappa shape index (κ1) is 20.5. The summed E-state index contributed by atoms with van der Waals surface area (Å²) in [5.41, 5.74) is 2.11. The fraction of sp³-hybridized carbons (Fsp3) is 0.0769. The van der Waals surface area contributed by atoms with Crippen molar-refractivity contribution < 1.29 is 14.7 Å². The van der Waals surface area contributed by atoms with Crippen LogP contribution in [-0.4, -0.2) is 16.8 Å². The van der Waals surface area contributed by atoms with Gasteiger partial charge in [0, 0.05) is 21.2 Å². The summed E-state index contributed by atoms with van der Waals surface area (Å²) < 4.78 is 0. The lowest BCUT2D eigenvalue weighted by Gasteiger charge is -2.25. The minimum atomic E-state index is -0.727. The average molecular weight is 460 g/mol. The smallest absolute Gasteiger partial charge is 0.300 e. The molecule has 4 nitrogen and oxygen atoms in total. The summed E-state index contributed by atoms with van der Waals surface area (Å²) in [5, 5.41) is 15.6. The minimum Gasteiger partial charge on any atom is -0.507 e. The number of amides is 1. The van der Waals surface area contributed by atoms with Crippen molar-refractivity contribution >= 4 is 56.8 Å². The molecule has 1 saturated heterocycles. The van der Waals surface area contributed by atoms with Crippen LogP contribution in [0.15, 0.2) is 83.7 Å². The van der Waals surface area contributed by atoms with E-state index in [0.29, 0.717) is 16.3 Å². The van der Waals surface area contributed by atoms with E-state index in [1.54, 1.807) is 30.3 Å². The molecule has 32 heavy (non-hydrogen) atoms. The molecule has 1 unspecified atom stereocenters. The molecule has 1 aliphatic heterocycles. The number of halogens is 1. The van der Waals surface area contributed by atoms with Gasteiger partial charge in [-0.2, -0.15) is 0 Å². The van der Waals surface area contributed by atoms with Gasteiger partial charge in [-0.1, -0.05) is 54.1 Å². The van der Waals surface area contributed by atoms with Gasteiger partial charge in [-0.05, 0) is 59.0 Å². The van der Waals surface area contributed by atoms with Crippen LogP contribution in [0, 0.1) is 6.92 Å². The quantitative estimate of drug-likeness (QED) is 0.216.